The van der Waals surface area contributed by atoms with E-state index in [1.54, 1.807) is 0 Å². The molecule has 1 heterocycles. The third-order valence-corrected chi connectivity index (χ3v) is 4.72. The van der Waals surface area contributed by atoms with E-state index in [2.05, 4.69) is 74.8 Å². The van der Waals surface area contributed by atoms with E-state index in [1.165, 1.54) is 3.57 Å². The summed E-state index contributed by atoms with van der Waals surface area (Å²) >= 11 is 4.41. The molecule has 1 unspecified atom stereocenters. The first-order valence-corrected chi connectivity index (χ1v) is 8.80. The summed E-state index contributed by atoms with van der Waals surface area (Å²) in [6.45, 7) is 3.89. The number of ether oxygens (including phenoxy) is 1. The Morgan fingerprint density at radius 3 is 2.42 bits per heavy atom. The first kappa shape index (κ1) is 15.5. The topological polar surface area (TPSA) is 42.9 Å². The van der Waals surface area contributed by atoms with Crippen LogP contribution in [0.5, 0.6) is 0 Å². The van der Waals surface area contributed by atoms with Crippen LogP contribution in [0, 0.1) is 3.57 Å². The third-order valence-electron chi connectivity index (χ3n) is 3.50. The molecule has 1 aromatic carbocycles. The van der Waals surface area contributed by atoms with Gasteiger partial charge in [0.1, 0.15) is 9.53 Å². The summed E-state index contributed by atoms with van der Waals surface area (Å²) in [5, 5.41) is 2.28. The van der Waals surface area contributed by atoms with Gasteiger partial charge < -0.3 is 10.1 Å². The van der Waals surface area contributed by atoms with Crippen molar-refractivity contribution < 1.29 is 14.8 Å². The quantitative estimate of drug-likeness (QED) is 0.405. The maximum atomic E-state index is 12.0. The standard InChI is InChI=1S/C14H17I2NO2/c1-10(15)13(18)19-14(6-8-17-9-7-14)11-2-4-12(16)5-3-11/h2-5,10,17H,6-9H2,1H3/p+1. The lowest BCUT2D eigenvalue weighted by Crippen LogP contribution is -2.87. The summed E-state index contributed by atoms with van der Waals surface area (Å²) in [4.78, 5) is 12.0. The summed E-state index contributed by atoms with van der Waals surface area (Å²) in [6.07, 6.45) is 1.78. The molecule has 1 atom stereocenters. The lowest BCUT2D eigenvalue weighted by Gasteiger charge is -2.36. The van der Waals surface area contributed by atoms with Crippen LogP contribution in [0.15, 0.2) is 24.3 Å². The number of quaternary nitrogens is 1. The first-order valence-electron chi connectivity index (χ1n) is 6.48. The van der Waals surface area contributed by atoms with Crippen LogP contribution in [-0.2, 0) is 15.1 Å². The molecule has 2 N–H and O–H groups in total. The Hall–Kier alpha value is 0.110. The van der Waals surface area contributed by atoms with Crippen molar-refractivity contribution in [3.8, 4) is 0 Å². The third kappa shape index (κ3) is 3.81. The summed E-state index contributed by atoms with van der Waals surface area (Å²) < 4.78 is 6.99. The van der Waals surface area contributed by atoms with Gasteiger partial charge in [-0.2, -0.15) is 0 Å². The van der Waals surface area contributed by atoms with Crippen molar-refractivity contribution in [2.24, 2.45) is 0 Å². The van der Waals surface area contributed by atoms with Crippen molar-refractivity contribution in [3.05, 3.63) is 33.4 Å². The summed E-state index contributed by atoms with van der Waals surface area (Å²) in [7, 11) is 0. The molecule has 0 aromatic heterocycles. The number of carbonyl (C=O) groups is 1. The molecule has 0 bridgehead atoms. The largest absolute Gasteiger partial charge is 0.453 e. The van der Waals surface area contributed by atoms with Crippen LogP contribution in [0.1, 0.15) is 25.3 Å². The molecule has 1 aliphatic heterocycles. The highest BCUT2D eigenvalue weighted by atomic mass is 127. The van der Waals surface area contributed by atoms with Crippen molar-refractivity contribution in [2.45, 2.75) is 29.3 Å². The zero-order valence-corrected chi connectivity index (χ0v) is 15.2. The molecule has 0 amide bonds. The van der Waals surface area contributed by atoms with Gasteiger partial charge in [0.25, 0.3) is 0 Å². The molecule has 1 aliphatic rings. The fraction of sp³-hybridized carbons (Fsp3) is 0.500. The van der Waals surface area contributed by atoms with Gasteiger partial charge in [-0.25, -0.2) is 0 Å². The van der Waals surface area contributed by atoms with Crippen molar-refractivity contribution in [3.63, 3.8) is 0 Å². The number of piperidine rings is 1. The van der Waals surface area contributed by atoms with Crippen LogP contribution in [0.25, 0.3) is 0 Å². The highest BCUT2D eigenvalue weighted by Crippen LogP contribution is 2.34. The van der Waals surface area contributed by atoms with Crippen molar-refractivity contribution in [1.29, 1.82) is 0 Å². The Bertz CT molecular complexity index is 439. The molecular weight excluding hydrogens is 468 g/mol. The SMILES string of the molecule is CC(I)C(=O)OC1(c2ccc(I)cc2)CC[NH2+]CC1. The van der Waals surface area contributed by atoms with E-state index in [1.807, 2.05) is 6.92 Å². The number of hydrogen-bond acceptors (Lipinski definition) is 2. The zero-order valence-electron chi connectivity index (χ0n) is 10.9. The molecule has 1 aromatic rings. The number of rotatable bonds is 3. The van der Waals surface area contributed by atoms with Crippen LogP contribution in [0.4, 0.5) is 0 Å². The Balaban J connectivity index is 2.28. The van der Waals surface area contributed by atoms with E-state index in [4.69, 9.17) is 4.74 Å². The molecule has 19 heavy (non-hydrogen) atoms. The van der Waals surface area contributed by atoms with Gasteiger partial charge >= 0.3 is 5.97 Å². The predicted molar refractivity (Wildman–Crippen MR) is 91.3 cm³/mol. The highest BCUT2D eigenvalue weighted by Gasteiger charge is 2.40. The second kappa shape index (κ2) is 6.71. The van der Waals surface area contributed by atoms with Gasteiger partial charge in [0.2, 0.25) is 0 Å². The molecule has 3 nitrogen and oxygen atoms in total. The fourth-order valence-corrected chi connectivity index (χ4v) is 2.90. The Morgan fingerprint density at radius 2 is 1.89 bits per heavy atom. The molecule has 2 rings (SSSR count). The maximum Gasteiger partial charge on any atom is 0.319 e. The number of carbonyl (C=O) groups excluding carboxylic acids is 1. The van der Waals surface area contributed by atoms with Gasteiger partial charge in [0.05, 0.1) is 13.1 Å². The second-order valence-corrected chi connectivity index (χ2v) is 8.02. The minimum atomic E-state index is -0.421. The molecule has 104 valence electrons. The van der Waals surface area contributed by atoms with Gasteiger partial charge in [-0.15, -0.1) is 0 Å². The van der Waals surface area contributed by atoms with Crippen molar-refractivity contribution in [2.75, 3.05) is 13.1 Å². The van der Waals surface area contributed by atoms with Crippen LogP contribution in [0.2, 0.25) is 0 Å². The predicted octanol–water partition coefficient (Wildman–Crippen LogP) is 2.21. The number of nitrogens with two attached hydrogens (primary N) is 1. The number of esters is 1. The first-order chi connectivity index (χ1) is 9.03. The summed E-state index contributed by atoms with van der Waals surface area (Å²) in [5.41, 5.74) is 0.710. The number of benzene rings is 1. The van der Waals surface area contributed by atoms with Gasteiger partial charge in [0, 0.05) is 16.4 Å². The van der Waals surface area contributed by atoms with E-state index >= 15 is 0 Å². The zero-order chi connectivity index (χ0) is 13.9. The van der Waals surface area contributed by atoms with Gasteiger partial charge in [0.15, 0.2) is 0 Å². The Kier molecular flexibility index (Phi) is 5.47. The number of hydrogen-bond donors (Lipinski definition) is 1. The van der Waals surface area contributed by atoms with Crippen molar-refractivity contribution >= 4 is 51.2 Å². The highest BCUT2D eigenvalue weighted by molar-refractivity contribution is 14.1. The van der Waals surface area contributed by atoms with E-state index in [-0.39, 0.29) is 9.89 Å². The van der Waals surface area contributed by atoms with Crippen LogP contribution < -0.4 is 5.32 Å². The molecule has 1 fully saturated rings. The molecular formula is C14H18I2NO2+. The molecule has 0 spiro atoms. The Morgan fingerprint density at radius 1 is 1.32 bits per heavy atom. The number of alkyl halides is 1. The smallest absolute Gasteiger partial charge is 0.319 e. The van der Waals surface area contributed by atoms with Gasteiger partial charge in [-0.3, -0.25) is 4.79 Å². The average Bonchev–Trinajstić information content (AvgIpc) is 2.40. The van der Waals surface area contributed by atoms with E-state index in [0.29, 0.717) is 0 Å². The summed E-state index contributed by atoms with van der Waals surface area (Å²) in [5.74, 6) is -0.110. The van der Waals surface area contributed by atoms with Crippen LogP contribution in [0.3, 0.4) is 0 Å². The van der Waals surface area contributed by atoms with Crippen molar-refractivity contribution in [1.82, 2.24) is 0 Å². The fourth-order valence-electron chi connectivity index (χ4n) is 2.42. The number of halogens is 2. The molecule has 5 heteroatoms. The molecule has 0 saturated carbocycles. The lowest BCUT2D eigenvalue weighted by atomic mass is 9.85. The van der Waals surface area contributed by atoms with E-state index in [9.17, 15) is 4.79 Å². The van der Waals surface area contributed by atoms with Crippen LogP contribution in [-0.4, -0.2) is 23.0 Å². The van der Waals surface area contributed by atoms with Gasteiger partial charge in [-0.05, 0) is 47.2 Å². The van der Waals surface area contributed by atoms with E-state index in [0.717, 1.165) is 31.5 Å². The monoisotopic (exact) mass is 486 g/mol. The average molecular weight is 486 g/mol. The summed E-state index contributed by atoms with van der Waals surface area (Å²) in [6, 6.07) is 8.35. The molecule has 1 saturated heterocycles. The maximum absolute atomic E-state index is 12.0. The lowest BCUT2D eigenvalue weighted by molar-refractivity contribution is -0.668. The minimum absolute atomic E-state index is 0.107. The normalized spacial score (nSPS) is 19.7. The van der Waals surface area contributed by atoms with E-state index < -0.39 is 5.60 Å². The molecule has 0 radical (unpaired) electrons. The molecule has 0 aliphatic carbocycles. The second-order valence-electron chi connectivity index (χ2n) is 4.90. The minimum Gasteiger partial charge on any atom is -0.453 e. The van der Waals surface area contributed by atoms with Crippen LogP contribution >= 0.6 is 45.2 Å². The Labute approximate surface area is 141 Å². The van der Waals surface area contributed by atoms with Gasteiger partial charge in [-0.1, -0.05) is 34.7 Å².